The summed E-state index contributed by atoms with van der Waals surface area (Å²) in [6, 6.07) is 4.11. The van der Waals surface area contributed by atoms with Crippen LogP contribution in [-0.4, -0.2) is 31.1 Å². The smallest absolute Gasteiger partial charge is 0.344 e. The van der Waals surface area contributed by atoms with Crippen LogP contribution in [-0.2, 0) is 14.3 Å². The number of amides is 1. The van der Waals surface area contributed by atoms with Gasteiger partial charge in [0.05, 0.1) is 0 Å². The Kier molecular flexibility index (Phi) is 7.59. The van der Waals surface area contributed by atoms with Crippen molar-refractivity contribution in [2.45, 2.75) is 53.5 Å². The minimum Gasteiger partial charge on any atom is -0.481 e. The predicted molar refractivity (Wildman–Crippen MR) is 89.6 cm³/mol. The van der Waals surface area contributed by atoms with Crippen molar-refractivity contribution in [2.24, 2.45) is 0 Å². The van der Waals surface area contributed by atoms with E-state index in [-0.39, 0.29) is 25.2 Å². The van der Waals surface area contributed by atoms with Crippen LogP contribution in [0.5, 0.6) is 5.75 Å². The number of carbonyl (C=O) groups is 2. The van der Waals surface area contributed by atoms with E-state index in [1.165, 1.54) is 0 Å². The van der Waals surface area contributed by atoms with Crippen LogP contribution in [0.3, 0.4) is 0 Å². The molecule has 0 spiro atoms. The lowest BCUT2D eigenvalue weighted by atomic mass is 10.1. The SMILES string of the molecule is CCC(CC)NC(=O)COC(=O)COc1c(C)cc(C)cc1C. The fraction of sp³-hybridized carbons (Fsp3) is 0.556. The first kappa shape index (κ1) is 19.0. The fourth-order valence-electron chi connectivity index (χ4n) is 2.48. The molecule has 1 aromatic carbocycles. The van der Waals surface area contributed by atoms with Gasteiger partial charge in [0.15, 0.2) is 13.2 Å². The van der Waals surface area contributed by atoms with Gasteiger partial charge in [-0.25, -0.2) is 4.79 Å². The molecule has 0 saturated heterocycles. The van der Waals surface area contributed by atoms with Crippen LogP contribution in [0.4, 0.5) is 0 Å². The van der Waals surface area contributed by atoms with Gasteiger partial charge in [-0.2, -0.15) is 0 Å². The molecule has 5 heteroatoms. The van der Waals surface area contributed by atoms with E-state index in [1.54, 1.807) is 0 Å². The summed E-state index contributed by atoms with van der Waals surface area (Å²) in [7, 11) is 0. The van der Waals surface area contributed by atoms with Gasteiger partial charge in [-0.15, -0.1) is 0 Å². The van der Waals surface area contributed by atoms with Crippen molar-refractivity contribution >= 4 is 11.9 Å². The standard InChI is InChI=1S/C18H27NO4/c1-6-15(7-2)19-16(20)10-22-17(21)11-23-18-13(4)8-12(3)9-14(18)5/h8-9,15H,6-7,10-11H2,1-5H3,(H,19,20). The van der Waals surface area contributed by atoms with Gasteiger partial charge in [-0.05, 0) is 44.7 Å². The predicted octanol–water partition coefficient (Wildman–Crippen LogP) is 2.84. The summed E-state index contributed by atoms with van der Waals surface area (Å²) in [5.41, 5.74) is 3.09. The number of nitrogens with one attached hydrogen (secondary N) is 1. The average Bonchev–Trinajstić information content (AvgIpc) is 2.49. The Labute approximate surface area is 138 Å². The molecule has 0 aliphatic carbocycles. The van der Waals surface area contributed by atoms with Crippen molar-refractivity contribution in [3.8, 4) is 5.75 Å². The number of hydrogen-bond acceptors (Lipinski definition) is 4. The van der Waals surface area contributed by atoms with E-state index < -0.39 is 5.97 Å². The first-order valence-electron chi connectivity index (χ1n) is 8.03. The third-order valence-corrected chi connectivity index (χ3v) is 3.65. The Bertz CT molecular complexity index is 527. The summed E-state index contributed by atoms with van der Waals surface area (Å²) >= 11 is 0. The van der Waals surface area contributed by atoms with E-state index in [0.29, 0.717) is 5.75 Å². The molecule has 0 fully saturated rings. The highest BCUT2D eigenvalue weighted by Crippen LogP contribution is 2.24. The van der Waals surface area contributed by atoms with Crippen LogP contribution in [0, 0.1) is 20.8 Å². The lowest BCUT2D eigenvalue weighted by Gasteiger charge is -2.15. The summed E-state index contributed by atoms with van der Waals surface area (Å²) in [6.45, 7) is 9.40. The highest BCUT2D eigenvalue weighted by Gasteiger charge is 2.13. The van der Waals surface area contributed by atoms with E-state index in [2.05, 4.69) is 5.32 Å². The third kappa shape index (κ3) is 6.30. The van der Waals surface area contributed by atoms with Crippen LogP contribution >= 0.6 is 0 Å². The van der Waals surface area contributed by atoms with Crippen molar-refractivity contribution in [3.05, 3.63) is 28.8 Å². The molecule has 0 saturated carbocycles. The second-order valence-electron chi connectivity index (χ2n) is 5.76. The Hall–Kier alpha value is -2.04. The zero-order valence-electron chi connectivity index (χ0n) is 14.7. The lowest BCUT2D eigenvalue weighted by Crippen LogP contribution is -2.37. The van der Waals surface area contributed by atoms with Gasteiger partial charge in [0.2, 0.25) is 0 Å². The zero-order valence-corrected chi connectivity index (χ0v) is 14.7. The van der Waals surface area contributed by atoms with E-state index >= 15 is 0 Å². The first-order chi connectivity index (χ1) is 10.9. The summed E-state index contributed by atoms with van der Waals surface area (Å²) in [6.07, 6.45) is 1.70. The molecule has 5 nitrogen and oxygen atoms in total. The topological polar surface area (TPSA) is 64.6 Å². The van der Waals surface area contributed by atoms with Crippen LogP contribution < -0.4 is 10.1 Å². The van der Waals surface area contributed by atoms with Crippen LogP contribution in [0.15, 0.2) is 12.1 Å². The van der Waals surface area contributed by atoms with Crippen molar-refractivity contribution in [1.82, 2.24) is 5.32 Å². The number of benzene rings is 1. The number of esters is 1. The van der Waals surface area contributed by atoms with Crippen LogP contribution in [0.1, 0.15) is 43.4 Å². The third-order valence-electron chi connectivity index (χ3n) is 3.65. The van der Waals surface area contributed by atoms with Gasteiger partial charge in [0.25, 0.3) is 5.91 Å². The number of hydrogen-bond donors (Lipinski definition) is 1. The molecule has 0 unspecified atom stereocenters. The lowest BCUT2D eigenvalue weighted by molar-refractivity contribution is -0.150. The fourth-order valence-corrected chi connectivity index (χ4v) is 2.48. The van der Waals surface area contributed by atoms with Gasteiger partial charge < -0.3 is 14.8 Å². The summed E-state index contributed by atoms with van der Waals surface area (Å²) in [5, 5.41) is 2.81. The van der Waals surface area contributed by atoms with Crippen molar-refractivity contribution in [1.29, 1.82) is 0 Å². The molecule has 1 N–H and O–H groups in total. The van der Waals surface area contributed by atoms with E-state index in [9.17, 15) is 9.59 Å². The second-order valence-corrected chi connectivity index (χ2v) is 5.76. The van der Waals surface area contributed by atoms with Crippen LogP contribution in [0.2, 0.25) is 0 Å². The molecule has 0 aromatic heterocycles. The number of rotatable bonds is 8. The van der Waals surface area contributed by atoms with Crippen LogP contribution in [0.25, 0.3) is 0 Å². The molecule has 0 heterocycles. The Morgan fingerprint density at radius 1 is 1.04 bits per heavy atom. The molecule has 128 valence electrons. The molecule has 1 rings (SSSR count). The number of ether oxygens (including phenoxy) is 2. The van der Waals surface area contributed by atoms with Gasteiger partial charge in [0.1, 0.15) is 5.75 Å². The van der Waals surface area contributed by atoms with Gasteiger partial charge in [0, 0.05) is 6.04 Å². The second kappa shape index (κ2) is 9.18. The van der Waals surface area contributed by atoms with Crippen molar-refractivity contribution in [2.75, 3.05) is 13.2 Å². The van der Waals surface area contributed by atoms with Crippen molar-refractivity contribution in [3.63, 3.8) is 0 Å². The molecular weight excluding hydrogens is 294 g/mol. The summed E-state index contributed by atoms with van der Waals surface area (Å²) < 4.78 is 10.5. The molecule has 1 aromatic rings. The van der Waals surface area contributed by atoms with Crippen molar-refractivity contribution < 1.29 is 19.1 Å². The Balaban J connectivity index is 2.42. The molecule has 0 radical (unpaired) electrons. The first-order valence-corrected chi connectivity index (χ1v) is 8.03. The van der Waals surface area contributed by atoms with E-state index in [1.807, 2.05) is 46.8 Å². The molecule has 0 bridgehead atoms. The maximum atomic E-state index is 11.7. The maximum absolute atomic E-state index is 11.7. The van der Waals surface area contributed by atoms with E-state index in [4.69, 9.17) is 9.47 Å². The van der Waals surface area contributed by atoms with Gasteiger partial charge in [-0.1, -0.05) is 31.5 Å². The zero-order chi connectivity index (χ0) is 17.4. The number of aryl methyl sites for hydroxylation is 3. The van der Waals surface area contributed by atoms with E-state index in [0.717, 1.165) is 29.5 Å². The minimum absolute atomic E-state index is 0.121. The molecule has 23 heavy (non-hydrogen) atoms. The summed E-state index contributed by atoms with van der Waals surface area (Å²) in [4.78, 5) is 23.4. The molecule has 0 aliphatic rings. The normalized spacial score (nSPS) is 10.5. The molecule has 0 aliphatic heterocycles. The quantitative estimate of drug-likeness (QED) is 0.748. The average molecular weight is 321 g/mol. The molecule has 0 atom stereocenters. The summed E-state index contributed by atoms with van der Waals surface area (Å²) in [5.74, 6) is -0.146. The monoisotopic (exact) mass is 321 g/mol. The largest absolute Gasteiger partial charge is 0.481 e. The Morgan fingerprint density at radius 3 is 2.13 bits per heavy atom. The highest BCUT2D eigenvalue weighted by atomic mass is 16.6. The highest BCUT2D eigenvalue weighted by molar-refractivity contribution is 5.81. The maximum Gasteiger partial charge on any atom is 0.344 e. The minimum atomic E-state index is -0.552. The molecule has 1 amide bonds. The van der Waals surface area contributed by atoms with Gasteiger partial charge in [-0.3, -0.25) is 4.79 Å². The molecular formula is C18H27NO4. The number of carbonyl (C=O) groups excluding carboxylic acids is 2. The van der Waals surface area contributed by atoms with Gasteiger partial charge >= 0.3 is 5.97 Å². The Morgan fingerprint density at radius 2 is 1.61 bits per heavy atom.